The monoisotopic (exact) mass is 253 g/mol. The van der Waals surface area contributed by atoms with Crippen molar-refractivity contribution in [3.05, 3.63) is 21.9 Å². The predicted molar refractivity (Wildman–Crippen MR) is 65.6 cm³/mol. The molecule has 1 aromatic rings. The summed E-state index contributed by atoms with van der Waals surface area (Å²) in [5.74, 6) is -1.15. The minimum atomic E-state index is -0.985. The molecule has 1 aliphatic carbocycles. The zero-order valence-electron chi connectivity index (χ0n) is 9.66. The van der Waals surface area contributed by atoms with E-state index in [4.69, 9.17) is 5.11 Å². The highest BCUT2D eigenvalue weighted by atomic mass is 32.1. The minimum absolute atomic E-state index is 0.165. The number of rotatable bonds is 5. The van der Waals surface area contributed by atoms with Crippen LogP contribution >= 0.6 is 11.3 Å². The lowest BCUT2D eigenvalue weighted by atomic mass is 10.0. The van der Waals surface area contributed by atoms with Crippen LogP contribution in [-0.2, 0) is 0 Å². The van der Waals surface area contributed by atoms with Crippen molar-refractivity contribution in [3.63, 3.8) is 0 Å². The second kappa shape index (κ2) is 4.49. The van der Waals surface area contributed by atoms with E-state index < -0.39 is 5.97 Å². The molecule has 1 saturated carbocycles. The first-order chi connectivity index (χ1) is 8.06. The predicted octanol–water partition coefficient (Wildman–Crippen LogP) is 2.37. The highest BCUT2D eigenvalue weighted by Gasteiger charge is 2.40. The van der Waals surface area contributed by atoms with Crippen LogP contribution < -0.4 is 5.32 Å². The van der Waals surface area contributed by atoms with E-state index in [9.17, 15) is 9.59 Å². The molecule has 0 aromatic carbocycles. The van der Waals surface area contributed by atoms with Gasteiger partial charge in [-0.1, -0.05) is 6.92 Å². The van der Waals surface area contributed by atoms with Crippen LogP contribution in [0.2, 0.25) is 0 Å². The molecule has 0 unspecified atom stereocenters. The molecule has 2 rings (SSSR count). The van der Waals surface area contributed by atoms with Crippen molar-refractivity contribution in [3.8, 4) is 0 Å². The Morgan fingerprint density at radius 2 is 2.06 bits per heavy atom. The standard InChI is InChI=1S/C12H15NO3S/c1-2-12(5-6-12)7-13-10(14)8-3-4-9(17-8)11(15)16/h3-4H,2,5-7H2,1H3,(H,13,14)(H,15,16). The van der Waals surface area contributed by atoms with Gasteiger partial charge in [-0.25, -0.2) is 4.79 Å². The van der Waals surface area contributed by atoms with Crippen molar-refractivity contribution in [1.29, 1.82) is 0 Å². The van der Waals surface area contributed by atoms with E-state index in [1.165, 1.54) is 18.9 Å². The van der Waals surface area contributed by atoms with Crippen molar-refractivity contribution < 1.29 is 14.7 Å². The molecule has 1 fully saturated rings. The molecule has 0 radical (unpaired) electrons. The summed E-state index contributed by atoms with van der Waals surface area (Å²) < 4.78 is 0. The van der Waals surface area contributed by atoms with Crippen molar-refractivity contribution in [2.75, 3.05) is 6.54 Å². The van der Waals surface area contributed by atoms with Crippen LogP contribution in [-0.4, -0.2) is 23.5 Å². The Morgan fingerprint density at radius 1 is 1.41 bits per heavy atom. The Kier molecular flexibility index (Phi) is 3.19. The van der Waals surface area contributed by atoms with Gasteiger partial charge in [-0.05, 0) is 36.8 Å². The smallest absolute Gasteiger partial charge is 0.345 e. The fraction of sp³-hybridized carbons (Fsp3) is 0.500. The van der Waals surface area contributed by atoms with E-state index in [1.54, 1.807) is 6.07 Å². The topological polar surface area (TPSA) is 66.4 Å². The van der Waals surface area contributed by atoms with E-state index >= 15 is 0 Å². The molecule has 1 aromatic heterocycles. The summed E-state index contributed by atoms with van der Waals surface area (Å²) in [5.41, 5.74) is 0.308. The summed E-state index contributed by atoms with van der Waals surface area (Å²) in [6.07, 6.45) is 3.43. The van der Waals surface area contributed by atoms with Crippen LogP contribution in [0.25, 0.3) is 0 Å². The molecular formula is C12H15NO3S. The fourth-order valence-corrected chi connectivity index (χ4v) is 2.52. The van der Waals surface area contributed by atoms with Gasteiger partial charge in [-0.2, -0.15) is 0 Å². The second-order valence-corrected chi connectivity index (χ2v) is 5.59. The van der Waals surface area contributed by atoms with Crippen molar-refractivity contribution in [2.24, 2.45) is 5.41 Å². The lowest BCUT2D eigenvalue weighted by Gasteiger charge is -2.12. The molecule has 0 atom stereocenters. The summed E-state index contributed by atoms with van der Waals surface area (Å²) in [5, 5.41) is 11.6. The van der Waals surface area contributed by atoms with Crippen LogP contribution in [0.15, 0.2) is 12.1 Å². The fourth-order valence-electron chi connectivity index (χ4n) is 1.76. The number of aromatic carboxylic acids is 1. The molecular weight excluding hydrogens is 238 g/mol. The molecule has 0 aliphatic heterocycles. The van der Waals surface area contributed by atoms with Gasteiger partial charge in [0.25, 0.3) is 5.91 Å². The molecule has 2 N–H and O–H groups in total. The van der Waals surface area contributed by atoms with Crippen LogP contribution in [0.1, 0.15) is 45.5 Å². The van der Waals surface area contributed by atoms with E-state index in [0.29, 0.717) is 16.8 Å². The summed E-state index contributed by atoms with van der Waals surface area (Å²) in [4.78, 5) is 23.1. The third-order valence-electron chi connectivity index (χ3n) is 3.37. The van der Waals surface area contributed by atoms with Crippen molar-refractivity contribution >= 4 is 23.2 Å². The SMILES string of the molecule is CCC1(CNC(=O)c2ccc(C(=O)O)s2)CC1. The van der Waals surface area contributed by atoms with E-state index in [0.717, 1.165) is 17.8 Å². The largest absolute Gasteiger partial charge is 0.477 e. The summed E-state index contributed by atoms with van der Waals surface area (Å²) in [6, 6.07) is 3.03. The number of carbonyl (C=O) groups is 2. The van der Waals surface area contributed by atoms with Crippen LogP contribution in [0.5, 0.6) is 0 Å². The maximum absolute atomic E-state index is 11.8. The Hall–Kier alpha value is -1.36. The van der Waals surface area contributed by atoms with Gasteiger partial charge in [0, 0.05) is 6.54 Å². The van der Waals surface area contributed by atoms with Gasteiger partial charge in [0.1, 0.15) is 4.88 Å². The van der Waals surface area contributed by atoms with Gasteiger partial charge in [0.05, 0.1) is 4.88 Å². The number of amides is 1. The Balaban J connectivity index is 1.93. The molecule has 0 spiro atoms. The van der Waals surface area contributed by atoms with Crippen LogP contribution in [0.4, 0.5) is 0 Å². The van der Waals surface area contributed by atoms with Gasteiger partial charge < -0.3 is 10.4 Å². The zero-order valence-corrected chi connectivity index (χ0v) is 10.5. The summed E-state index contributed by atoms with van der Waals surface area (Å²) in [7, 11) is 0. The Bertz CT molecular complexity index is 448. The summed E-state index contributed by atoms with van der Waals surface area (Å²) in [6.45, 7) is 2.83. The van der Waals surface area contributed by atoms with Crippen molar-refractivity contribution in [1.82, 2.24) is 5.32 Å². The number of carboxylic acid groups (broad SMARTS) is 1. The Labute approximate surface area is 104 Å². The molecule has 1 aliphatic rings. The molecule has 17 heavy (non-hydrogen) atoms. The van der Waals surface area contributed by atoms with Gasteiger partial charge >= 0.3 is 5.97 Å². The normalized spacial score (nSPS) is 16.5. The molecule has 1 heterocycles. The van der Waals surface area contributed by atoms with Gasteiger partial charge in [-0.15, -0.1) is 11.3 Å². The lowest BCUT2D eigenvalue weighted by Crippen LogP contribution is -2.29. The maximum atomic E-state index is 11.8. The van der Waals surface area contributed by atoms with Gasteiger partial charge in [0.15, 0.2) is 0 Å². The third kappa shape index (κ3) is 2.66. The lowest BCUT2D eigenvalue weighted by molar-refractivity contribution is 0.0702. The molecule has 1 amide bonds. The molecule has 5 heteroatoms. The second-order valence-electron chi connectivity index (χ2n) is 4.51. The quantitative estimate of drug-likeness (QED) is 0.846. The molecule has 0 saturated heterocycles. The van der Waals surface area contributed by atoms with Crippen LogP contribution in [0.3, 0.4) is 0 Å². The van der Waals surface area contributed by atoms with Crippen molar-refractivity contribution in [2.45, 2.75) is 26.2 Å². The number of hydrogen-bond donors (Lipinski definition) is 2. The average molecular weight is 253 g/mol. The minimum Gasteiger partial charge on any atom is -0.477 e. The molecule has 0 bridgehead atoms. The summed E-state index contributed by atoms with van der Waals surface area (Å²) >= 11 is 1.02. The number of carbonyl (C=O) groups excluding carboxylic acids is 1. The number of carboxylic acids is 1. The highest BCUT2D eigenvalue weighted by Crippen LogP contribution is 2.47. The van der Waals surface area contributed by atoms with Gasteiger partial charge in [0.2, 0.25) is 0 Å². The number of hydrogen-bond acceptors (Lipinski definition) is 3. The maximum Gasteiger partial charge on any atom is 0.345 e. The van der Waals surface area contributed by atoms with E-state index in [1.807, 2.05) is 0 Å². The molecule has 4 nitrogen and oxygen atoms in total. The first-order valence-corrected chi connectivity index (χ1v) is 6.49. The van der Waals surface area contributed by atoms with E-state index in [2.05, 4.69) is 12.2 Å². The molecule has 92 valence electrons. The number of nitrogens with one attached hydrogen (secondary N) is 1. The third-order valence-corrected chi connectivity index (χ3v) is 4.44. The van der Waals surface area contributed by atoms with E-state index in [-0.39, 0.29) is 10.8 Å². The average Bonchev–Trinajstić information content (AvgIpc) is 2.92. The Morgan fingerprint density at radius 3 is 2.53 bits per heavy atom. The van der Waals surface area contributed by atoms with Crippen LogP contribution in [0, 0.1) is 5.41 Å². The first kappa shape index (κ1) is 12.1. The van der Waals surface area contributed by atoms with Gasteiger partial charge in [-0.3, -0.25) is 4.79 Å². The number of thiophene rings is 1. The highest BCUT2D eigenvalue weighted by molar-refractivity contribution is 7.15. The zero-order chi connectivity index (χ0) is 12.5. The first-order valence-electron chi connectivity index (χ1n) is 5.68.